The molecule has 0 fully saturated rings. The van der Waals surface area contributed by atoms with Crippen LogP contribution in [0.1, 0.15) is 5.82 Å². The van der Waals surface area contributed by atoms with E-state index in [0.29, 0.717) is 4.73 Å². The molecule has 22 heavy (non-hydrogen) atoms. The van der Waals surface area contributed by atoms with Gasteiger partial charge in [-0.05, 0) is 0 Å². The summed E-state index contributed by atoms with van der Waals surface area (Å²) in [4.78, 5) is 11.9. The van der Waals surface area contributed by atoms with Gasteiger partial charge in [0.2, 0.25) is 5.82 Å². The first-order valence-electron chi connectivity index (χ1n) is 5.55. The number of rotatable bonds is 5. The van der Waals surface area contributed by atoms with E-state index in [9.17, 15) is 17.6 Å². The van der Waals surface area contributed by atoms with Crippen molar-refractivity contribution in [3.05, 3.63) is 33.7 Å². The average molecular weight is 379 g/mol. The van der Waals surface area contributed by atoms with E-state index in [0.717, 1.165) is 0 Å². The summed E-state index contributed by atoms with van der Waals surface area (Å²) in [5.41, 5.74) is -0.702. The minimum atomic E-state index is -4.59. The van der Waals surface area contributed by atoms with Crippen LogP contribution in [-0.2, 0) is 5.92 Å². The molecule has 120 valence electrons. The lowest BCUT2D eigenvalue weighted by molar-refractivity contribution is -0.148. The Morgan fingerprint density at radius 3 is 2.41 bits per heavy atom. The van der Waals surface area contributed by atoms with E-state index in [4.69, 9.17) is 39.6 Å². The van der Waals surface area contributed by atoms with Gasteiger partial charge >= 0.3 is 12.3 Å². The second-order valence-electron chi connectivity index (χ2n) is 3.94. The van der Waals surface area contributed by atoms with Crippen molar-refractivity contribution in [3.63, 3.8) is 0 Å². The number of fused-ring (bicyclic) bond motifs is 1. The van der Waals surface area contributed by atoms with Gasteiger partial charge in [-0.15, -0.1) is 0 Å². The van der Waals surface area contributed by atoms with Crippen molar-refractivity contribution in [1.82, 2.24) is 14.7 Å². The van der Waals surface area contributed by atoms with Crippen LogP contribution in [0.4, 0.5) is 17.6 Å². The first-order valence-corrected chi connectivity index (χ1v) is 6.68. The number of hydrogen-bond acceptors (Lipinski definition) is 3. The normalized spacial score (nSPS) is 12.2. The molecule has 0 saturated heterocycles. The van der Waals surface area contributed by atoms with Gasteiger partial charge in [-0.1, -0.05) is 47.5 Å². The van der Waals surface area contributed by atoms with Crippen LogP contribution >= 0.6 is 34.8 Å². The minimum Gasteiger partial charge on any atom is -0.408 e. The first kappa shape index (κ1) is 17.1. The van der Waals surface area contributed by atoms with Gasteiger partial charge in [0, 0.05) is 0 Å². The third-order valence-corrected chi connectivity index (χ3v) is 3.70. The van der Waals surface area contributed by atoms with Crippen molar-refractivity contribution in [2.75, 3.05) is 6.61 Å². The van der Waals surface area contributed by atoms with Crippen molar-refractivity contribution >= 4 is 46.0 Å². The fourth-order valence-corrected chi connectivity index (χ4v) is 2.16. The monoisotopic (exact) mass is 377 g/mol. The van der Waals surface area contributed by atoms with Crippen molar-refractivity contribution in [1.29, 1.82) is 0 Å². The summed E-state index contributed by atoms with van der Waals surface area (Å²) in [5, 5.41) is -0.852. The van der Waals surface area contributed by atoms with Crippen molar-refractivity contribution in [3.8, 4) is 0 Å². The highest BCUT2D eigenvalue weighted by Gasteiger charge is 2.48. The maximum atomic E-state index is 13.7. The van der Waals surface area contributed by atoms with Gasteiger partial charge in [0.1, 0.15) is 12.1 Å². The Labute approximate surface area is 136 Å². The Bertz CT molecular complexity index is 735. The van der Waals surface area contributed by atoms with E-state index in [-0.39, 0.29) is 27.3 Å². The largest absolute Gasteiger partial charge is 0.408 e. The SMILES string of the molecule is C=CCOn1c(C(F)(F)C(F)F)nc2nc(Cl)c(Cl)c(Cl)c21. The van der Waals surface area contributed by atoms with E-state index < -0.39 is 23.8 Å². The molecule has 0 aromatic carbocycles. The topological polar surface area (TPSA) is 39.9 Å². The standard InChI is InChI=1S/C11H6Cl3F4N3O/c1-2-3-22-21-6-4(12)5(13)7(14)19-8(6)20-10(21)11(17,18)9(15)16/h2,9H,1,3H2. The summed E-state index contributed by atoms with van der Waals surface area (Å²) in [5.74, 6) is -5.96. The highest BCUT2D eigenvalue weighted by molar-refractivity contribution is 6.49. The molecule has 0 amide bonds. The smallest absolute Gasteiger partial charge is 0.367 e. The predicted molar refractivity (Wildman–Crippen MR) is 74.1 cm³/mol. The third kappa shape index (κ3) is 2.70. The second-order valence-corrected chi connectivity index (χ2v) is 5.05. The summed E-state index contributed by atoms with van der Waals surface area (Å²) in [7, 11) is 0. The lowest BCUT2D eigenvalue weighted by Gasteiger charge is -2.16. The summed E-state index contributed by atoms with van der Waals surface area (Å²) in [6.07, 6.45) is -2.80. The van der Waals surface area contributed by atoms with E-state index >= 15 is 0 Å². The van der Waals surface area contributed by atoms with Crippen LogP contribution in [0.15, 0.2) is 12.7 Å². The van der Waals surface area contributed by atoms with Crippen molar-refractivity contribution in [2.45, 2.75) is 12.3 Å². The van der Waals surface area contributed by atoms with E-state index in [1.165, 1.54) is 6.08 Å². The molecular formula is C11H6Cl3F4N3O. The third-order valence-electron chi connectivity index (χ3n) is 2.50. The summed E-state index contributed by atoms with van der Waals surface area (Å²) in [6, 6.07) is 0. The highest BCUT2D eigenvalue weighted by Crippen LogP contribution is 2.39. The fraction of sp³-hybridized carbons (Fsp3) is 0.273. The molecule has 0 N–H and O–H groups in total. The molecule has 2 heterocycles. The van der Waals surface area contributed by atoms with Crippen LogP contribution < -0.4 is 4.84 Å². The molecule has 4 nitrogen and oxygen atoms in total. The van der Waals surface area contributed by atoms with Gasteiger partial charge in [0.15, 0.2) is 10.8 Å². The van der Waals surface area contributed by atoms with Gasteiger partial charge in [-0.3, -0.25) is 0 Å². The summed E-state index contributed by atoms with van der Waals surface area (Å²) in [6.45, 7) is 3.06. The zero-order valence-electron chi connectivity index (χ0n) is 10.5. The Morgan fingerprint density at radius 1 is 1.23 bits per heavy atom. The van der Waals surface area contributed by atoms with Gasteiger partial charge < -0.3 is 4.84 Å². The molecule has 0 radical (unpaired) electrons. The van der Waals surface area contributed by atoms with Crippen molar-refractivity contribution in [2.24, 2.45) is 0 Å². The molecule has 0 spiro atoms. The first-order chi connectivity index (χ1) is 10.2. The quantitative estimate of drug-likeness (QED) is 0.441. The number of pyridine rings is 1. The van der Waals surface area contributed by atoms with Gasteiger partial charge in [0.25, 0.3) is 0 Å². The van der Waals surface area contributed by atoms with Crippen LogP contribution in [-0.4, -0.2) is 27.7 Å². The minimum absolute atomic E-state index is 0.244. The lowest BCUT2D eigenvalue weighted by Crippen LogP contribution is -2.30. The maximum absolute atomic E-state index is 13.7. The molecule has 2 aromatic heterocycles. The van der Waals surface area contributed by atoms with Gasteiger partial charge in [0.05, 0.1) is 10.0 Å². The molecule has 0 bridgehead atoms. The summed E-state index contributed by atoms with van der Waals surface area (Å²) >= 11 is 17.3. The van der Waals surface area contributed by atoms with E-state index in [1.54, 1.807) is 0 Å². The van der Waals surface area contributed by atoms with Crippen LogP contribution in [0.2, 0.25) is 15.2 Å². The Hall–Kier alpha value is -1.25. The molecular weight excluding hydrogens is 372 g/mol. The molecule has 2 aromatic rings. The zero-order valence-corrected chi connectivity index (χ0v) is 12.7. The Balaban J connectivity index is 2.81. The number of hydrogen-bond donors (Lipinski definition) is 0. The lowest BCUT2D eigenvalue weighted by atomic mass is 10.3. The number of nitrogens with zero attached hydrogens (tertiary/aromatic N) is 3. The Kier molecular flexibility index (Phi) is 4.74. The van der Waals surface area contributed by atoms with E-state index in [1.807, 2.05) is 0 Å². The van der Waals surface area contributed by atoms with Crippen molar-refractivity contribution < 1.29 is 22.4 Å². The number of halogens is 7. The van der Waals surface area contributed by atoms with Gasteiger partial charge in [-0.25, -0.2) is 18.7 Å². The average Bonchev–Trinajstić information content (AvgIpc) is 2.81. The molecule has 11 heteroatoms. The fourth-order valence-electron chi connectivity index (χ4n) is 1.56. The van der Waals surface area contributed by atoms with E-state index in [2.05, 4.69) is 16.5 Å². The maximum Gasteiger partial charge on any atom is 0.367 e. The zero-order chi connectivity index (χ0) is 16.7. The summed E-state index contributed by atoms with van der Waals surface area (Å²) < 4.78 is 52.9. The predicted octanol–water partition coefficient (Wildman–Crippen LogP) is 4.36. The van der Waals surface area contributed by atoms with Crippen LogP contribution in [0.5, 0.6) is 0 Å². The number of alkyl halides is 4. The number of aromatic nitrogens is 3. The molecule has 0 atom stereocenters. The molecule has 0 aliphatic carbocycles. The van der Waals surface area contributed by atoms with Crippen LogP contribution in [0.3, 0.4) is 0 Å². The highest BCUT2D eigenvalue weighted by atomic mass is 35.5. The Morgan fingerprint density at radius 2 is 1.86 bits per heavy atom. The molecule has 0 unspecified atom stereocenters. The molecule has 2 rings (SSSR count). The van der Waals surface area contributed by atoms with Crippen LogP contribution in [0, 0.1) is 0 Å². The second kappa shape index (κ2) is 6.10. The molecule has 0 aliphatic rings. The van der Waals surface area contributed by atoms with Crippen LogP contribution in [0.25, 0.3) is 11.2 Å². The number of imidazole rings is 1. The van der Waals surface area contributed by atoms with Gasteiger partial charge in [-0.2, -0.15) is 13.5 Å². The molecule has 0 aliphatic heterocycles. The molecule has 0 saturated carbocycles.